The van der Waals surface area contributed by atoms with Gasteiger partial charge >= 0.3 is 0 Å². The van der Waals surface area contributed by atoms with Crippen molar-refractivity contribution in [3.05, 3.63) is 75.8 Å². The molecule has 1 fully saturated rings. The third-order valence-electron chi connectivity index (χ3n) is 6.78. The van der Waals surface area contributed by atoms with Crippen LogP contribution in [0.2, 0.25) is 0 Å². The average molecular weight is 612 g/mol. The molecule has 0 atom stereocenters. The third kappa shape index (κ3) is 6.65. The molecule has 0 bridgehead atoms. The van der Waals surface area contributed by atoms with Crippen molar-refractivity contribution >= 4 is 40.0 Å². The summed E-state index contributed by atoms with van der Waals surface area (Å²) >= 11 is 3.39. The Morgan fingerprint density at radius 1 is 1.07 bits per heavy atom. The van der Waals surface area contributed by atoms with Gasteiger partial charge in [0.1, 0.15) is 39.2 Å². The zero-order chi connectivity index (χ0) is 28.6. The average Bonchev–Trinajstić information content (AvgIpc) is 2.94. The molecular formula is C29H32BrFN6O3. The SMILES string of the molecule is C=Nc1c(OC)cc(F)cc1C(=NCc1ccc(OC)cc1OC)N=C(NNC)C1CC(c2ccc(Br)nc2)C1. The van der Waals surface area contributed by atoms with Crippen molar-refractivity contribution in [3.8, 4) is 17.2 Å². The first kappa shape index (κ1) is 29.2. The Hall–Kier alpha value is -3.83. The number of amidine groups is 2. The summed E-state index contributed by atoms with van der Waals surface area (Å²) in [5, 5.41) is 0. The molecule has 0 aliphatic heterocycles. The van der Waals surface area contributed by atoms with E-state index in [1.54, 1.807) is 27.3 Å². The van der Waals surface area contributed by atoms with Crippen LogP contribution in [0.3, 0.4) is 0 Å². The summed E-state index contributed by atoms with van der Waals surface area (Å²) in [5.41, 5.74) is 8.85. The lowest BCUT2D eigenvalue weighted by Gasteiger charge is -2.36. The van der Waals surface area contributed by atoms with E-state index >= 15 is 0 Å². The zero-order valence-corrected chi connectivity index (χ0v) is 24.5. The molecular weight excluding hydrogens is 579 g/mol. The fourth-order valence-electron chi connectivity index (χ4n) is 4.59. The fraction of sp³-hybridized carbons (Fsp3) is 0.310. The Labute approximate surface area is 241 Å². The Morgan fingerprint density at radius 2 is 1.85 bits per heavy atom. The highest BCUT2D eigenvalue weighted by Crippen LogP contribution is 2.42. The van der Waals surface area contributed by atoms with Crippen LogP contribution in [0, 0.1) is 11.7 Å². The number of pyridine rings is 1. The van der Waals surface area contributed by atoms with Crippen molar-refractivity contribution in [3.63, 3.8) is 0 Å². The van der Waals surface area contributed by atoms with Crippen LogP contribution < -0.4 is 25.1 Å². The van der Waals surface area contributed by atoms with E-state index < -0.39 is 5.82 Å². The van der Waals surface area contributed by atoms with Gasteiger partial charge in [0.2, 0.25) is 0 Å². The molecule has 1 saturated carbocycles. The Morgan fingerprint density at radius 3 is 2.48 bits per heavy atom. The summed E-state index contributed by atoms with van der Waals surface area (Å²) in [7, 11) is 6.40. The van der Waals surface area contributed by atoms with Gasteiger partial charge < -0.3 is 19.6 Å². The van der Waals surface area contributed by atoms with Crippen molar-refractivity contribution in [1.82, 2.24) is 15.8 Å². The van der Waals surface area contributed by atoms with Gasteiger partial charge in [0.25, 0.3) is 0 Å². The molecule has 0 radical (unpaired) electrons. The van der Waals surface area contributed by atoms with E-state index in [4.69, 9.17) is 24.2 Å². The number of rotatable bonds is 10. The minimum atomic E-state index is -0.501. The Balaban J connectivity index is 1.74. The van der Waals surface area contributed by atoms with Crippen LogP contribution in [0.4, 0.5) is 10.1 Å². The summed E-state index contributed by atoms with van der Waals surface area (Å²) in [4.78, 5) is 18.2. The molecule has 1 aromatic heterocycles. The molecule has 2 aromatic carbocycles. The van der Waals surface area contributed by atoms with Gasteiger partial charge in [-0.3, -0.25) is 9.98 Å². The maximum Gasteiger partial charge on any atom is 0.159 e. The van der Waals surface area contributed by atoms with Gasteiger partial charge in [-0.2, -0.15) is 0 Å². The van der Waals surface area contributed by atoms with Crippen molar-refractivity contribution in [1.29, 1.82) is 0 Å². The maximum atomic E-state index is 14.7. The predicted molar refractivity (Wildman–Crippen MR) is 159 cm³/mol. The highest BCUT2D eigenvalue weighted by molar-refractivity contribution is 9.10. The minimum absolute atomic E-state index is 0.123. The summed E-state index contributed by atoms with van der Waals surface area (Å²) in [6, 6.07) is 12.1. The molecule has 210 valence electrons. The van der Waals surface area contributed by atoms with Gasteiger partial charge in [-0.05, 0) is 71.2 Å². The molecule has 2 N–H and O–H groups in total. The molecule has 3 aromatic rings. The Kier molecular flexibility index (Phi) is 9.84. The van der Waals surface area contributed by atoms with E-state index in [2.05, 4.69) is 49.5 Å². The van der Waals surface area contributed by atoms with Crippen LogP contribution in [-0.4, -0.2) is 51.7 Å². The lowest BCUT2D eigenvalue weighted by atomic mass is 9.71. The van der Waals surface area contributed by atoms with E-state index in [1.165, 1.54) is 24.8 Å². The minimum Gasteiger partial charge on any atom is -0.497 e. The smallest absolute Gasteiger partial charge is 0.159 e. The maximum absolute atomic E-state index is 14.7. The molecule has 9 nitrogen and oxygen atoms in total. The standard InChI is InChI=1S/C29H32BrFN6O3/c1-32-27-23(12-21(31)13-25(27)40-5)29(35-16-18-6-8-22(38-3)14-24(18)39-4)36-28(37-33-2)20-10-19(11-20)17-7-9-26(30)34-15-17/h6-9,12-15,19-20,33H,1,10-11,16H2,2-5H3,(H,35,36,37). The van der Waals surface area contributed by atoms with E-state index in [1.807, 2.05) is 24.4 Å². The van der Waals surface area contributed by atoms with Crippen molar-refractivity contribution in [2.24, 2.45) is 20.9 Å². The second-order valence-corrected chi connectivity index (χ2v) is 9.94. The van der Waals surface area contributed by atoms with Crippen LogP contribution in [0.15, 0.2) is 68.2 Å². The first-order valence-electron chi connectivity index (χ1n) is 12.6. The number of hydrazine groups is 1. The number of benzene rings is 2. The lowest BCUT2D eigenvalue weighted by Crippen LogP contribution is -2.44. The number of hydrogen-bond donors (Lipinski definition) is 2. The fourth-order valence-corrected chi connectivity index (χ4v) is 4.83. The van der Waals surface area contributed by atoms with E-state index in [0.717, 1.165) is 23.0 Å². The molecule has 40 heavy (non-hydrogen) atoms. The van der Waals surface area contributed by atoms with Gasteiger partial charge in [0.05, 0.1) is 33.4 Å². The number of methoxy groups -OCH3 is 3. The van der Waals surface area contributed by atoms with Crippen LogP contribution in [-0.2, 0) is 6.54 Å². The molecule has 0 amide bonds. The number of ether oxygens (including phenoxy) is 3. The van der Waals surface area contributed by atoms with Crippen LogP contribution >= 0.6 is 15.9 Å². The highest BCUT2D eigenvalue weighted by atomic mass is 79.9. The summed E-state index contributed by atoms with van der Waals surface area (Å²) in [6.07, 6.45) is 3.63. The van der Waals surface area contributed by atoms with Gasteiger partial charge in [-0.25, -0.2) is 19.8 Å². The number of nitrogens with one attached hydrogen (secondary N) is 2. The van der Waals surface area contributed by atoms with Crippen LogP contribution in [0.1, 0.15) is 35.4 Å². The molecule has 1 aliphatic carbocycles. The topological polar surface area (TPSA) is 102 Å². The summed E-state index contributed by atoms with van der Waals surface area (Å²) < 4.78 is 31.8. The third-order valence-corrected chi connectivity index (χ3v) is 7.25. The van der Waals surface area contributed by atoms with Crippen molar-refractivity contribution in [2.75, 3.05) is 28.4 Å². The van der Waals surface area contributed by atoms with Crippen LogP contribution in [0.25, 0.3) is 0 Å². The molecule has 0 saturated heterocycles. The van der Waals surface area contributed by atoms with E-state index in [0.29, 0.717) is 34.5 Å². The zero-order valence-electron chi connectivity index (χ0n) is 22.9. The molecule has 11 heteroatoms. The summed E-state index contributed by atoms with van der Waals surface area (Å²) in [6.45, 7) is 3.89. The molecule has 1 heterocycles. The van der Waals surface area contributed by atoms with Crippen molar-refractivity contribution in [2.45, 2.75) is 25.3 Å². The quantitative estimate of drug-likeness (QED) is 0.134. The van der Waals surface area contributed by atoms with Crippen molar-refractivity contribution < 1.29 is 18.6 Å². The molecule has 0 spiro atoms. The number of hydrogen-bond acceptors (Lipinski definition) is 7. The molecule has 1 aliphatic rings. The Bertz CT molecular complexity index is 1410. The number of halogens is 2. The number of nitrogens with zero attached hydrogens (tertiary/aromatic N) is 4. The first-order chi connectivity index (χ1) is 19.4. The second-order valence-electron chi connectivity index (χ2n) is 9.13. The number of aromatic nitrogens is 1. The number of aliphatic imine (C=N–C) groups is 3. The predicted octanol–water partition coefficient (Wildman–Crippen LogP) is 5.60. The first-order valence-corrected chi connectivity index (χ1v) is 13.4. The van der Waals surface area contributed by atoms with Gasteiger partial charge in [-0.15, -0.1) is 0 Å². The highest BCUT2D eigenvalue weighted by Gasteiger charge is 2.34. The van der Waals surface area contributed by atoms with Gasteiger partial charge in [0, 0.05) is 36.9 Å². The second kappa shape index (κ2) is 13.5. The summed E-state index contributed by atoms with van der Waals surface area (Å²) in [5.74, 6) is 2.46. The van der Waals surface area contributed by atoms with Crippen LogP contribution in [0.5, 0.6) is 17.2 Å². The monoisotopic (exact) mass is 610 g/mol. The van der Waals surface area contributed by atoms with Gasteiger partial charge in [-0.1, -0.05) is 6.07 Å². The van der Waals surface area contributed by atoms with E-state index in [-0.39, 0.29) is 24.0 Å². The normalized spacial score (nSPS) is 17.1. The van der Waals surface area contributed by atoms with E-state index in [9.17, 15) is 4.39 Å². The molecule has 0 unspecified atom stereocenters. The lowest BCUT2D eigenvalue weighted by molar-refractivity contribution is 0.335. The molecule has 4 rings (SSSR count). The largest absolute Gasteiger partial charge is 0.497 e. The van der Waals surface area contributed by atoms with Gasteiger partial charge in [0.15, 0.2) is 5.84 Å².